The van der Waals surface area contributed by atoms with Crippen molar-refractivity contribution in [3.63, 3.8) is 0 Å². The van der Waals surface area contributed by atoms with Crippen molar-refractivity contribution in [2.24, 2.45) is 12.2 Å². The molecule has 12 nitrogen and oxygen atoms in total. The highest BCUT2D eigenvalue weighted by molar-refractivity contribution is 7.86. The van der Waals surface area contributed by atoms with Gasteiger partial charge in [-0.15, -0.1) is 0 Å². The quantitative estimate of drug-likeness (QED) is 0.143. The van der Waals surface area contributed by atoms with Gasteiger partial charge in [-0.3, -0.25) is 0 Å². The molecule has 0 saturated carbocycles. The Morgan fingerprint density at radius 1 is 1.18 bits per heavy atom. The SMILES string of the molecule is C[n+]1ccsc1[C@]1(N=[N+]=[N-])O[C@H]([C@H]2COC(C)(C)O2)[C@@H]2OC(C)(C)O[C@@H]21.O=S(=O)([O-])C(F)(F)F. The summed E-state index contributed by atoms with van der Waals surface area (Å²) < 4.78 is 91.1. The predicted octanol–water partition coefficient (Wildman–Crippen LogP) is 2.16. The van der Waals surface area contributed by atoms with E-state index >= 15 is 0 Å². The lowest BCUT2D eigenvalue weighted by molar-refractivity contribution is -0.681. The summed E-state index contributed by atoms with van der Waals surface area (Å²) in [6.45, 7) is 7.76. The molecular weight excluding hydrogens is 509 g/mol. The summed E-state index contributed by atoms with van der Waals surface area (Å²) in [5, 5.41) is 6.73. The summed E-state index contributed by atoms with van der Waals surface area (Å²) in [4.78, 5) is 3.07. The van der Waals surface area contributed by atoms with E-state index < -0.39 is 51.2 Å². The number of nitrogens with zero attached hydrogens (tertiary/aromatic N) is 4. The zero-order valence-electron chi connectivity index (χ0n) is 18.7. The van der Waals surface area contributed by atoms with Gasteiger partial charge in [0.25, 0.3) is 10.7 Å². The molecule has 3 saturated heterocycles. The van der Waals surface area contributed by atoms with Gasteiger partial charge >= 0.3 is 5.51 Å². The Morgan fingerprint density at radius 2 is 1.79 bits per heavy atom. The van der Waals surface area contributed by atoms with E-state index in [4.69, 9.17) is 36.7 Å². The van der Waals surface area contributed by atoms with Gasteiger partial charge in [-0.25, -0.2) is 8.42 Å². The number of hydrogen-bond acceptors (Lipinski definition) is 10. The third-order valence-corrected chi connectivity index (χ3v) is 6.75. The van der Waals surface area contributed by atoms with Gasteiger partial charge in [0.05, 0.1) is 12.0 Å². The average molecular weight is 533 g/mol. The lowest BCUT2D eigenvalue weighted by Gasteiger charge is -2.29. The molecule has 1 aromatic rings. The number of aryl methyl sites for hydroxylation is 1. The molecule has 0 bridgehead atoms. The molecule has 0 amide bonds. The smallest absolute Gasteiger partial charge is 0.485 e. The molecule has 0 unspecified atom stereocenters. The van der Waals surface area contributed by atoms with E-state index in [0.29, 0.717) is 6.61 Å². The van der Waals surface area contributed by atoms with Crippen LogP contribution in [0.2, 0.25) is 0 Å². The number of hydrogen-bond donors (Lipinski definition) is 0. The second-order valence-electron chi connectivity index (χ2n) is 8.58. The van der Waals surface area contributed by atoms with E-state index in [1.807, 2.05) is 50.9 Å². The maximum absolute atomic E-state index is 10.7. The Kier molecular flexibility index (Phi) is 7.02. The van der Waals surface area contributed by atoms with Crippen molar-refractivity contribution in [3.8, 4) is 0 Å². The van der Waals surface area contributed by atoms with Crippen LogP contribution < -0.4 is 4.57 Å². The predicted molar refractivity (Wildman–Crippen MR) is 106 cm³/mol. The molecule has 3 fully saturated rings. The molecule has 192 valence electrons. The van der Waals surface area contributed by atoms with Gasteiger partial charge < -0.3 is 28.2 Å². The van der Waals surface area contributed by atoms with Crippen molar-refractivity contribution >= 4 is 21.5 Å². The van der Waals surface area contributed by atoms with Crippen LogP contribution in [0, 0.1) is 0 Å². The number of rotatable bonds is 3. The van der Waals surface area contributed by atoms with E-state index in [1.54, 1.807) is 0 Å². The lowest BCUT2D eigenvalue weighted by Crippen LogP contribution is -2.46. The van der Waals surface area contributed by atoms with Crippen molar-refractivity contribution in [3.05, 3.63) is 27.0 Å². The van der Waals surface area contributed by atoms with Crippen molar-refractivity contribution in [1.82, 2.24) is 0 Å². The molecule has 3 aliphatic rings. The van der Waals surface area contributed by atoms with Crippen LogP contribution in [0.25, 0.3) is 10.4 Å². The monoisotopic (exact) mass is 532 g/mol. The van der Waals surface area contributed by atoms with Crippen LogP contribution in [-0.2, 0) is 46.6 Å². The fraction of sp³-hybridized carbons (Fsp3) is 0.824. The van der Waals surface area contributed by atoms with Gasteiger partial charge in [-0.05, 0) is 38.3 Å². The third-order valence-electron chi connectivity index (χ3n) is 5.12. The van der Waals surface area contributed by atoms with Crippen molar-refractivity contribution in [2.45, 2.75) is 74.9 Å². The van der Waals surface area contributed by atoms with Crippen LogP contribution in [0.4, 0.5) is 13.2 Å². The van der Waals surface area contributed by atoms with Crippen LogP contribution in [-0.4, -0.2) is 61.1 Å². The first-order valence-electron chi connectivity index (χ1n) is 9.80. The number of azide groups is 1. The van der Waals surface area contributed by atoms with Crippen LogP contribution in [0.3, 0.4) is 0 Å². The maximum atomic E-state index is 10.7. The van der Waals surface area contributed by atoms with Crippen molar-refractivity contribution in [2.75, 3.05) is 6.61 Å². The van der Waals surface area contributed by atoms with Crippen LogP contribution >= 0.6 is 11.3 Å². The Balaban J connectivity index is 0.000000350. The van der Waals surface area contributed by atoms with E-state index in [9.17, 15) is 18.7 Å². The fourth-order valence-electron chi connectivity index (χ4n) is 3.87. The Bertz CT molecular complexity index is 1070. The minimum atomic E-state index is -6.09. The van der Waals surface area contributed by atoms with E-state index in [1.165, 1.54) is 11.3 Å². The van der Waals surface area contributed by atoms with Crippen LogP contribution in [0.15, 0.2) is 16.7 Å². The molecule has 0 aliphatic carbocycles. The molecule has 34 heavy (non-hydrogen) atoms. The molecule has 0 spiro atoms. The minimum absolute atomic E-state index is 0.351. The maximum Gasteiger partial charge on any atom is 0.485 e. The van der Waals surface area contributed by atoms with E-state index in [0.717, 1.165) is 5.01 Å². The summed E-state index contributed by atoms with van der Waals surface area (Å²) in [7, 11) is -4.21. The number of alkyl halides is 3. The zero-order chi connectivity index (χ0) is 25.7. The Labute approximate surface area is 196 Å². The molecule has 0 aromatic carbocycles. The summed E-state index contributed by atoms with van der Waals surface area (Å²) in [6.07, 6.45) is 0.0161. The van der Waals surface area contributed by atoms with E-state index in [-0.39, 0.29) is 6.10 Å². The number of thiazole rings is 1. The largest absolute Gasteiger partial charge is 0.741 e. The van der Waals surface area contributed by atoms with Gasteiger partial charge in [-0.2, -0.15) is 17.7 Å². The summed E-state index contributed by atoms with van der Waals surface area (Å²) in [5.74, 6) is -1.52. The summed E-state index contributed by atoms with van der Waals surface area (Å²) in [5.41, 5.74) is 2.32. The van der Waals surface area contributed by atoms with Gasteiger partial charge in [0.15, 0.2) is 27.9 Å². The first-order valence-corrected chi connectivity index (χ1v) is 12.1. The molecule has 4 rings (SSSR count). The second-order valence-corrected chi connectivity index (χ2v) is 10.8. The number of halogens is 3. The average Bonchev–Trinajstić information content (AvgIpc) is 3.39. The molecule has 4 heterocycles. The lowest BCUT2D eigenvalue weighted by atomic mass is 10.0. The third kappa shape index (κ3) is 5.17. The molecule has 0 radical (unpaired) electrons. The van der Waals surface area contributed by atoms with Crippen molar-refractivity contribution < 1.29 is 54.4 Å². The molecule has 5 atom stereocenters. The number of fused-ring (bicyclic) bond motifs is 1. The molecule has 17 heteroatoms. The van der Waals surface area contributed by atoms with Gasteiger partial charge in [0, 0.05) is 4.91 Å². The van der Waals surface area contributed by atoms with Crippen molar-refractivity contribution in [1.29, 1.82) is 0 Å². The zero-order valence-corrected chi connectivity index (χ0v) is 20.3. The normalized spacial score (nSPS) is 34.1. The van der Waals surface area contributed by atoms with Crippen LogP contribution in [0.5, 0.6) is 0 Å². The highest BCUT2D eigenvalue weighted by Gasteiger charge is 2.69. The number of ether oxygens (including phenoxy) is 5. The Morgan fingerprint density at radius 3 is 2.24 bits per heavy atom. The van der Waals surface area contributed by atoms with Crippen LogP contribution in [0.1, 0.15) is 32.7 Å². The first kappa shape index (κ1) is 27.0. The first-order chi connectivity index (χ1) is 15.4. The van der Waals surface area contributed by atoms with Gasteiger partial charge in [-0.1, -0.05) is 11.3 Å². The van der Waals surface area contributed by atoms with Gasteiger partial charge in [0.2, 0.25) is 0 Å². The number of aromatic nitrogens is 1. The highest BCUT2D eigenvalue weighted by Crippen LogP contribution is 2.52. The molecule has 1 aromatic heterocycles. The Hall–Kier alpha value is -1.56. The minimum Gasteiger partial charge on any atom is -0.741 e. The van der Waals surface area contributed by atoms with E-state index in [2.05, 4.69) is 10.0 Å². The standard InChI is InChI=1S/C16H23N4O5S.CHF3O3S/c1-14(2)21-8-9(22-14)10-11-12(25-15(3,4)23-11)16(24-10,18-19-17)13-20(5)6-7-26-13;2-1(3,4)8(5,6)7/h6-7,9-12H,8H2,1-5H3;(H,5,6,7)/q+1;/p-1/t9-,10-,11+,12+,16-;/m1./s1. The molecule has 0 N–H and O–H groups in total. The second kappa shape index (κ2) is 8.83. The topological polar surface area (TPSA) is 156 Å². The highest BCUT2D eigenvalue weighted by atomic mass is 32.2. The summed E-state index contributed by atoms with van der Waals surface area (Å²) >= 11 is 1.44. The molecular formula is C17H23F3N4O8S2. The molecule has 3 aliphatic heterocycles. The summed E-state index contributed by atoms with van der Waals surface area (Å²) in [6, 6.07) is 0. The fourth-order valence-corrected chi connectivity index (χ4v) is 4.85. The van der Waals surface area contributed by atoms with Gasteiger partial charge in [0.1, 0.15) is 31.5 Å².